The van der Waals surface area contributed by atoms with Gasteiger partial charge in [0.05, 0.1) is 0 Å². The first-order valence-corrected chi connectivity index (χ1v) is 36.7. The molecule has 0 aliphatic rings. The molecule has 0 amide bonds. The van der Waals surface area contributed by atoms with E-state index < -0.39 is 0 Å². The van der Waals surface area contributed by atoms with E-state index in [0.717, 1.165) is 0 Å². The van der Waals surface area contributed by atoms with E-state index in [9.17, 15) is 0 Å². The van der Waals surface area contributed by atoms with Crippen LogP contribution < -0.4 is 0 Å². The lowest BCUT2D eigenvalue weighted by atomic mass is 9.84. The third-order valence-corrected chi connectivity index (χ3v) is 21.5. The van der Waals surface area contributed by atoms with Gasteiger partial charge in [0.2, 0.25) is 0 Å². The maximum absolute atomic E-state index is 2.33. The fraction of sp³-hybridized carbons (Fsp3) is 0. The predicted molar refractivity (Wildman–Crippen MR) is 458 cm³/mol. The Morgan fingerprint density at radius 2 is 0.302 bits per heavy atom. The van der Waals surface area contributed by atoms with Gasteiger partial charge in [-0.1, -0.05) is 400 Å². The summed E-state index contributed by atoms with van der Waals surface area (Å²) in [6.45, 7) is 0. The Kier molecular flexibility index (Phi) is 16.4. The largest absolute Gasteiger partial charge is 0.0622 e. The zero-order valence-electron chi connectivity index (χ0n) is 58.4. The van der Waals surface area contributed by atoms with Gasteiger partial charge in [0.15, 0.2) is 0 Å². The van der Waals surface area contributed by atoms with Crippen LogP contribution in [0.25, 0.3) is 197 Å². The molecule has 21 rings (SSSR count). The summed E-state index contributed by atoms with van der Waals surface area (Å²) in [5, 5.41) is 25.6. The van der Waals surface area contributed by atoms with E-state index in [1.165, 1.54) is 197 Å². The Labute approximate surface area is 617 Å². The molecule has 0 unspecified atom stereocenters. The Morgan fingerprint density at radius 3 is 0.613 bits per heavy atom. The molecule has 0 spiro atoms. The minimum Gasteiger partial charge on any atom is -0.0622 e. The van der Waals surface area contributed by atoms with Crippen molar-refractivity contribution in [1.29, 1.82) is 0 Å². The summed E-state index contributed by atoms with van der Waals surface area (Å²) in [6, 6.07) is 154. The zero-order valence-corrected chi connectivity index (χ0v) is 58.4. The fourth-order valence-electron chi connectivity index (χ4n) is 16.8. The van der Waals surface area contributed by atoms with Crippen molar-refractivity contribution in [3.8, 4) is 89.0 Å². The van der Waals surface area contributed by atoms with E-state index in [1.54, 1.807) is 0 Å². The van der Waals surface area contributed by atoms with Gasteiger partial charge >= 0.3 is 0 Å². The highest BCUT2D eigenvalue weighted by Gasteiger charge is 2.22. The highest BCUT2D eigenvalue weighted by atomic mass is 14.3. The summed E-state index contributed by atoms with van der Waals surface area (Å²) in [6.07, 6.45) is 0. The second-order valence-electron chi connectivity index (χ2n) is 27.6. The van der Waals surface area contributed by atoms with Crippen LogP contribution in [-0.2, 0) is 0 Å². The van der Waals surface area contributed by atoms with Gasteiger partial charge < -0.3 is 0 Å². The Morgan fingerprint density at radius 1 is 0.0943 bits per heavy atom. The third-order valence-electron chi connectivity index (χ3n) is 21.5. The lowest BCUT2D eigenvalue weighted by Gasteiger charge is -2.19. The minimum absolute atomic E-state index is 1.24. The minimum atomic E-state index is 1.24. The fourth-order valence-corrected chi connectivity index (χ4v) is 16.8. The van der Waals surface area contributed by atoms with Crippen LogP contribution in [0.15, 0.2) is 425 Å². The quantitative estimate of drug-likeness (QED) is 0.133. The van der Waals surface area contributed by atoms with Gasteiger partial charge in [-0.05, 0) is 221 Å². The molecule has 106 heavy (non-hydrogen) atoms. The molecule has 0 heterocycles. The van der Waals surface area contributed by atoms with Gasteiger partial charge in [-0.25, -0.2) is 0 Å². The highest BCUT2D eigenvalue weighted by Crippen LogP contribution is 2.49. The molecule has 0 fully saturated rings. The Balaban J connectivity index is 0.000000109. The Bertz CT molecular complexity index is 6750. The molecular formula is C106H70. The summed E-state index contributed by atoms with van der Waals surface area (Å²) in [5.74, 6) is 0. The number of benzene rings is 21. The van der Waals surface area contributed by atoms with Gasteiger partial charge in [0.25, 0.3) is 0 Å². The van der Waals surface area contributed by atoms with E-state index in [2.05, 4.69) is 425 Å². The monoisotopic (exact) mass is 1340 g/mol. The van der Waals surface area contributed by atoms with Crippen molar-refractivity contribution >= 4 is 108 Å². The molecule has 0 saturated heterocycles. The molecule has 0 aliphatic carbocycles. The molecule has 0 aromatic heterocycles. The average molecular weight is 1340 g/mol. The Hall–Kier alpha value is -13.8. The van der Waals surface area contributed by atoms with E-state index in [1.807, 2.05) is 0 Å². The first kappa shape index (κ1) is 63.2. The topological polar surface area (TPSA) is 0 Å². The summed E-state index contributed by atoms with van der Waals surface area (Å²) in [5.41, 5.74) is 20.3. The van der Waals surface area contributed by atoms with Crippen molar-refractivity contribution in [3.63, 3.8) is 0 Å². The van der Waals surface area contributed by atoms with Crippen LogP contribution in [0.3, 0.4) is 0 Å². The summed E-state index contributed by atoms with van der Waals surface area (Å²) >= 11 is 0. The van der Waals surface area contributed by atoms with Gasteiger partial charge in [-0.3, -0.25) is 0 Å². The van der Waals surface area contributed by atoms with Gasteiger partial charge in [-0.15, -0.1) is 0 Å². The van der Waals surface area contributed by atoms with Gasteiger partial charge in [-0.2, -0.15) is 0 Å². The lowest BCUT2D eigenvalue weighted by Crippen LogP contribution is -1.91. The van der Waals surface area contributed by atoms with Crippen LogP contribution in [0.4, 0.5) is 0 Å². The third kappa shape index (κ3) is 11.5. The maximum atomic E-state index is 2.33. The molecule has 0 atom stereocenters. The molecule has 0 saturated carbocycles. The second-order valence-corrected chi connectivity index (χ2v) is 27.6. The molecule has 0 bridgehead atoms. The first-order valence-electron chi connectivity index (χ1n) is 36.7. The predicted octanol–water partition coefficient (Wildman–Crippen LogP) is 29.9. The molecule has 0 radical (unpaired) electrons. The summed E-state index contributed by atoms with van der Waals surface area (Å²) in [7, 11) is 0. The zero-order chi connectivity index (χ0) is 70.3. The van der Waals surface area contributed by atoms with E-state index in [0.29, 0.717) is 0 Å². The van der Waals surface area contributed by atoms with Crippen LogP contribution in [0.2, 0.25) is 0 Å². The molecule has 0 heteroatoms. The van der Waals surface area contributed by atoms with E-state index in [4.69, 9.17) is 0 Å². The molecular weight excluding hydrogens is 1270 g/mol. The van der Waals surface area contributed by atoms with Crippen LogP contribution in [0.1, 0.15) is 0 Å². The highest BCUT2D eigenvalue weighted by molar-refractivity contribution is 6.26. The van der Waals surface area contributed by atoms with Crippen LogP contribution in [0, 0.1) is 0 Å². The smallest absolute Gasteiger partial charge is 0.00201 e. The number of rotatable bonds is 8. The SMILES string of the molecule is c1ccc(-c2cccc(-c3c4ccccc4c(-c4ccc5ccccc5c4)c4ccccc34)c2)cc1.c1ccc(-c2cccc(-c3c4ccccc4c(-c4cccc5ccccc45)c4ccccc34)c2)cc1.c1ccc2cc(-c3c4ccccc4c(-c4cccc5ccccc45)c4ccccc34)ccc2c1. The van der Waals surface area contributed by atoms with Crippen molar-refractivity contribution in [1.82, 2.24) is 0 Å². The molecule has 0 nitrogen and oxygen atoms in total. The van der Waals surface area contributed by atoms with Crippen molar-refractivity contribution in [3.05, 3.63) is 425 Å². The molecule has 21 aromatic rings. The molecule has 21 aromatic carbocycles. The normalized spacial score (nSPS) is 11.4. The molecule has 0 aliphatic heterocycles. The molecule has 494 valence electrons. The first-order chi connectivity index (χ1) is 52.6. The average Bonchev–Trinajstić information content (AvgIpc) is 0.736. The summed E-state index contributed by atoms with van der Waals surface area (Å²) in [4.78, 5) is 0. The van der Waals surface area contributed by atoms with Crippen molar-refractivity contribution in [2.24, 2.45) is 0 Å². The van der Waals surface area contributed by atoms with Crippen LogP contribution in [-0.4, -0.2) is 0 Å². The standard InChI is InChI=1S/2C36H24.C34H22/c1-2-12-25(13-3-1)27-16-10-17-28(24-27)35-31-19-6-8-21-33(31)36(34-22-9-7-20-32(34)35)30-23-11-15-26-14-4-5-18-29(26)30;1-2-11-25(12-3-1)28-15-10-16-29(23-28)35-31-17-6-8-19-33(31)36(34-20-9-7-18-32(34)35)30-22-21-26-13-4-5-14-27(26)24-30;1-2-12-25-22-26(21-20-23(25)10-1)33-29-15-5-7-17-31(29)34(32-18-8-6-16-30(32)33)28-19-9-13-24-11-3-4-14-27(24)28/h2*1-24H;1-22H. The summed E-state index contributed by atoms with van der Waals surface area (Å²) < 4.78 is 0. The maximum Gasteiger partial charge on any atom is -0.00201 e. The van der Waals surface area contributed by atoms with Crippen molar-refractivity contribution < 1.29 is 0 Å². The van der Waals surface area contributed by atoms with Crippen LogP contribution in [0.5, 0.6) is 0 Å². The number of hydrogen-bond donors (Lipinski definition) is 0. The number of fused-ring (bicyclic) bond motifs is 10. The number of hydrogen-bond acceptors (Lipinski definition) is 0. The van der Waals surface area contributed by atoms with Gasteiger partial charge in [0, 0.05) is 0 Å². The van der Waals surface area contributed by atoms with E-state index in [-0.39, 0.29) is 0 Å². The van der Waals surface area contributed by atoms with Crippen molar-refractivity contribution in [2.75, 3.05) is 0 Å². The second kappa shape index (κ2) is 27.5. The van der Waals surface area contributed by atoms with Crippen molar-refractivity contribution in [2.45, 2.75) is 0 Å². The van der Waals surface area contributed by atoms with Gasteiger partial charge in [0.1, 0.15) is 0 Å². The van der Waals surface area contributed by atoms with E-state index >= 15 is 0 Å². The lowest BCUT2D eigenvalue weighted by molar-refractivity contribution is 1.61. The molecule has 0 N–H and O–H groups in total. The van der Waals surface area contributed by atoms with Crippen LogP contribution >= 0.6 is 0 Å².